The lowest BCUT2D eigenvalue weighted by Crippen LogP contribution is -2.27. The number of benzene rings is 1. The third-order valence-electron chi connectivity index (χ3n) is 3.20. The molecular formula is C18H26N3O4PS. The summed E-state index contributed by atoms with van der Waals surface area (Å²) in [6, 6.07) is 10.7. The molecule has 1 rings (SSSR count). The molecule has 0 radical (unpaired) electrons. The summed E-state index contributed by atoms with van der Waals surface area (Å²) in [5.41, 5.74) is 5.69. The minimum atomic E-state index is -3.73. The van der Waals surface area contributed by atoms with E-state index in [1.165, 1.54) is 0 Å². The van der Waals surface area contributed by atoms with Gasteiger partial charge in [0.2, 0.25) is 0 Å². The van der Waals surface area contributed by atoms with Gasteiger partial charge in [-0.25, -0.2) is 0 Å². The number of rotatable bonds is 10. The van der Waals surface area contributed by atoms with Crippen LogP contribution in [0.5, 0.6) is 0 Å². The van der Waals surface area contributed by atoms with Gasteiger partial charge in [-0.3, -0.25) is 9.36 Å². The minimum Gasteiger partial charge on any atom is -0.365 e. The molecule has 1 unspecified atom stereocenters. The zero-order valence-electron chi connectivity index (χ0n) is 16.1. The van der Waals surface area contributed by atoms with Crippen molar-refractivity contribution >= 4 is 25.3 Å². The van der Waals surface area contributed by atoms with Crippen LogP contribution in [0.2, 0.25) is 0 Å². The molecule has 1 amide bonds. The van der Waals surface area contributed by atoms with E-state index < -0.39 is 19.3 Å². The van der Waals surface area contributed by atoms with E-state index in [9.17, 15) is 14.6 Å². The summed E-state index contributed by atoms with van der Waals surface area (Å²) in [7, 11) is -3.73. The van der Waals surface area contributed by atoms with Crippen molar-refractivity contribution in [2.24, 2.45) is 5.73 Å². The molecule has 7 nitrogen and oxygen atoms in total. The van der Waals surface area contributed by atoms with E-state index in [1.54, 1.807) is 64.3 Å². The molecule has 0 heterocycles. The number of hydrogen-bond acceptors (Lipinski definition) is 7. The number of primary amides is 1. The Morgan fingerprint density at radius 3 is 2.07 bits per heavy atom. The Kier molecular flexibility index (Phi) is 9.07. The van der Waals surface area contributed by atoms with Gasteiger partial charge in [0.05, 0.1) is 17.2 Å². The molecule has 0 aliphatic rings. The predicted molar refractivity (Wildman–Crippen MR) is 108 cm³/mol. The van der Waals surface area contributed by atoms with Crippen molar-refractivity contribution < 1.29 is 18.4 Å². The van der Waals surface area contributed by atoms with Gasteiger partial charge in [-0.15, -0.1) is 11.8 Å². The first-order valence-corrected chi connectivity index (χ1v) is 11.2. The normalized spacial score (nSPS) is 13.9. The highest BCUT2D eigenvalue weighted by Gasteiger charge is 2.40. The fourth-order valence-corrected chi connectivity index (χ4v) is 5.26. The molecule has 1 atom stereocenters. The maximum Gasteiger partial charge on any atom is 0.357 e. The van der Waals surface area contributed by atoms with E-state index in [1.807, 2.05) is 6.07 Å². The molecule has 3 N–H and O–H groups in total. The van der Waals surface area contributed by atoms with Crippen LogP contribution in [0.15, 0.2) is 40.9 Å². The molecule has 0 fully saturated rings. The average Bonchev–Trinajstić information content (AvgIpc) is 2.57. The summed E-state index contributed by atoms with van der Waals surface area (Å²) in [6.07, 6.45) is 0.953. The molecule has 0 saturated heterocycles. The number of hydrogen-bond donors (Lipinski definition) is 2. The number of nitriles is 1. The number of nitrogens with zero attached hydrogens (tertiary/aromatic N) is 1. The molecule has 27 heavy (non-hydrogen) atoms. The van der Waals surface area contributed by atoms with Crippen LogP contribution in [0.25, 0.3) is 0 Å². The van der Waals surface area contributed by atoms with E-state index in [4.69, 9.17) is 14.8 Å². The molecule has 0 saturated carbocycles. The second kappa shape index (κ2) is 10.5. The van der Waals surface area contributed by atoms with Gasteiger partial charge in [-0.05, 0) is 39.5 Å². The van der Waals surface area contributed by atoms with E-state index in [0.29, 0.717) is 5.56 Å². The topological polar surface area (TPSA) is 114 Å². The Balaban J connectivity index is 3.54. The van der Waals surface area contributed by atoms with Gasteiger partial charge >= 0.3 is 7.60 Å². The third-order valence-corrected chi connectivity index (χ3v) is 6.43. The fourth-order valence-electron chi connectivity index (χ4n) is 2.29. The smallest absolute Gasteiger partial charge is 0.357 e. The Morgan fingerprint density at radius 1 is 1.19 bits per heavy atom. The SMILES string of the molecule is CS/C(NC(c1ccccc1)P(=O)(OC(C)C)OC(C)C)=C(\C#N)C(N)=O. The summed E-state index contributed by atoms with van der Waals surface area (Å²) in [5, 5.41) is 12.5. The first-order valence-electron chi connectivity index (χ1n) is 8.40. The Bertz CT molecular complexity index is 746. The quantitative estimate of drug-likeness (QED) is 0.341. The van der Waals surface area contributed by atoms with Crippen LogP contribution in [0.3, 0.4) is 0 Å². The van der Waals surface area contributed by atoms with Gasteiger partial charge < -0.3 is 20.1 Å². The largest absolute Gasteiger partial charge is 0.365 e. The number of carbonyl (C=O) groups is 1. The van der Waals surface area contributed by atoms with Crippen molar-refractivity contribution in [2.45, 2.75) is 45.7 Å². The van der Waals surface area contributed by atoms with Crippen molar-refractivity contribution in [3.8, 4) is 6.07 Å². The van der Waals surface area contributed by atoms with Crippen LogP contribution in [-0.4, -0.2) is 24.4 Å². The number of nitrogens with two attached hydrogens (primary N) is 1. The molecule has 0 aliphatic carbocycles. The van der Waals surface area contributed by atoms with Gasteiger partial charge in [-0.1, -0.05) is 30.3 Å². The summed E-state index contributed by atoms with van der Waals surface area (Å²) in [5.74, 6) is -1.79. The third kappa shape index (κ3) is 6.71. The zero-order valence-corrected chi connectivity index (χ0v) is 17.8. The molecule has 1 aromatic rings. The molecule has 9 heteroatoms. The van der Waals surface area contributed by atoms with Crippen molar-refractivity contribution in [2.75, 3.05) is 6.26 Å². The lowest BCUT2D eigenvalue weighted by Gasteiger charge is -2.31. The molecule has 148 valence electrons. The van der Waals surface area contributed by atoms with Crippen LogP contribution in [-0.2, 0) is 18.4 Å². The summed E-state index contributed by atoms with van der Waals surface area (Å²) in [4.78, 5) is 11.6. The Morgan fingerprint density at radius 2 is 1.70 bits per heavy atom. The first kappa shape index (κ1) is 23.3. The monoisotopic (exact) mass is 411 g/mol. The number of nitrogens with one attached hydrogen (secondary N) is 1. The van der Waals surface area contributed by atoms with Gasteiger partial charge in [0.1, 0.15) is 11.6 Å². The summed E-state index contributed by atoms with van der Waals surface area (Å²) < 4.78 is 25.2. The highest BCUT2D eigenvalue weighted by atomic mass is 32.2. The maximum atomic E-state index is 13.7. The lowest BCUT2D eigenvalue weighted by atomic mass is 10.2. The van der Waals surface area contributed by atoms with Crippen molar-refractivity contribution in [3.05, 3.63) is 46.5 Å². The van der Waals surface area contributed by atoms with Crippen LogP contribution in [0.1, 0.15) is 39.0 Å². The number of thioether (sulfide) groups is 1. The summed E-state index contributed by atoms with van der Waals surface area (Å²) in [6.45, 7) is 7.03. The van der Waals surface area contributed by atoms with Crippen LogP contribution < -0.4 is 11.1 Å². The van der Waals surface area contributed by atoms with Crippen LogP contribution >= 0.6 is 19.4 Å². The lowest BCUT2D eigenvalue weighted by molar-refractivity contribution is -0.114. The maximum absolute atomic E-state index is 13.7. The number of amides is 1. The standard InChI is InChI=1S/C18H26N3O4PS/c1-12(2)24-26(23,25-13(3)4)17(14-9-7-6-8-10-14)21-18(27-5)15(11-19)16(20)22/h6-10,12-13,17,21H,1-5H3,(H2,20,22)/b18-15+. The van der Waals surface area contributed by atoms with Gasteiger partial charge in [0.15, 0.2) is 5.78 Å². The Labute approximate surface area is 164 Å². The van der Waals surface area contributed by atoms with E-state index in [-0.39, 0.29) is 22.8 Å². The van der Waals surface area contributed by atoms with Gasteiger partial charge in [0.25, 0.3) is 5.91 Å². The molecule has 0 aliphatic heterocycles. The zero-order chi connectivity index (χ0) is 20.6. The van der Waals surface area contributed by atoms with Gasteiger partial charge in [0, 0.05) is 0 Å². The average molecular weight is 411 g/mol. The van der Waals surface area contributed by atoms with Crippen LogP contribution in [0, 0.1) is 11.3 Å². The van der Waals surface area contributed by atoms with E-state index >= 15 is 0 Å². The predicted octanol–water partition coefficient (Wildman–Crippen LogP) is 3.90. The second-order valence-corrected chi connectivity index (χ2v) is 9.02. The minimum absolute atomic E-state index is 0.207. The first-order chi connectivity index (χ1) is 12.6. The molecule has 1 aromatic carbocycles. The second-order valence-electron chi connectivity index (χ2n) is 6.19. The molecular weight excluding hydrogens is 385 g/mol. The molecule has 0 bridgehead atoms. The van der Waals surface area contributed by atoms with Crippen molar-refractivity contribution in [1.82, 2.24) is 5.32 Å². The molecule has 0 aromatic heterocycles. The highest BCUT2D eigenvalue weighted by Crippen LogP contribution is 2.61. The van der Waals surface area contributed by atoms with E-state index in [0.717, 1.165) is 11.8 Å². The highest BCUT2D eigenvalue weighted by molar-refractivity contribution is 8.02. The van der Waals surface area contributed by atoms with Crippen molar-refractivity contribution in [1.29, 1.82) is 5.26 Å². The van der Waals surface area contributed by atoms with E-state index in [2.05, 4.69) is 5.32 Å². The van der Waals surface area contributed by atoms with Gasteiger partial charge in [-0.2, -0.15) is 5.26 Å². The molecule has 0 spiro atoms. The fraction of sp³-hybridized carbons (Fsp3) is 0.444. The summed E-state index contributed by atoms with van der Waals surface area (Å²) >= 11 is 1.12. The Hall–Kier alpha value is -1.78. The van der Waals surface area contributed by atoms with Crippen LogP contribution in [0.4, 0.5) is 0 Å². The number of carbonyl (C=O) groups excluding carboxylic acids is 1. The van der Waals surface area contributed by atoms with Crippen molar-refractivity contribution in [3.63, 3.8) is 0 Å².